The summed E-state index contributed by atoms with van der Waals surface area (Å²) >= 11 is 0. The number of carbonyl (C=O) groups excluding carboxylic acids is 1. The molecule has 6 nitrogen and oxygen atoms in total. The summed E-state index contributed by atoms with van der Waals surface area (Å²) in [6.07, 6.45) is 5.07. The van der Waals surface area contributed by atoms with Crippen LogP contribution in [0.5, 0.6) is 0 Å². The number of hydrogen-bond acceptors (Lipinski definition) is 4. The van der Waals surface area contributed by atoms with Gasteiger partial charge in [-0.1, -0.05) is 17.7 Å². The fourth-order valence-electron chi connectivity index (χ4n) is 4.09. The Hall–Kier alpha value is -3.45. The molecule has 2 aliphatic heterocycles. The Labute approximate surface area is 186 Å². The molecule has 1 N–H and O–H groups in total. The van der Waals surface area contributed by atoms with Crippen LogP contribution in [-0.2, 0) is 16.1 Å². The average Bonchev–Trinajstić information content (AvgIpc) is 3.43. The number of amides is 1. The first-order valence-electron chi connectivity index (χ1n) is 10.8. The molecule has 32 heavy (non-hydrogen) atoms. The number of aromatic nitrogens is 2. The Balaban J connectivity index is 1.46. The van der Waals surface area contributed by atoms with Crippen LogP contribution in [-0.4, -0.2) is 33.6 Å². The van der Waals surface area contributed by atoms with Crippen LogP contribution in [0.4, 0.5) is 15.9 Å². The minimum absolute atomic E-state index is 0.0716. The highest BCUT2D eigenvalue weighted by Crippen LogP contribution is 2.34. The molecule has 3 heterocycles. The van der Waals surface area contributed by atoms with Gasteiger partial charge in [0.05, 0.1) is 6.54 Å². The summed E-state index contributed by atoms with van der Waals surface area (Å²) < 4.78 is 20.9. The summed E-state index contributed by atoms with van der Waals surface area (Å²) in [5.41, 5.74) is 3.61. The molecule has 1 amide bonds. The number of aryl methyl sites for hydroxylation is 1. The van der Waals surface area contributed by atoms with Gasteiger partial charge < -0.3 is 15.0 Å². The van der Waals surface area contributed by atoms with Gasteiger partial charge in [-0.25, -0.2) is 9.37 Å². The van der Waals surface area contributed by atoms with Crippen molar-refractivity contribution in [2.24, 2.45) is 5.92 Å². The highest BCUT2D eigenvalue weighted by Gasteiger charge is 2.27. The molecule has 1 saturated heterocycles. The van der Waals surface area contributed by atoms with Crippen molar-refractivity contribution in [3.63, 3.8) is 0 Å². The third kappa shape index (κ3) is 4.16. The first-order chi connectivity index (χ1) is 15.6. The number of anilines is 2. The molecule has 7 heteroatoms. The summed E-state index contributed by atoms with van der Waals surface area (Å²) in [7, 11) is 0. The van der Waals surface area contributed by atoms with Crippen LogP contribution in [0.3, 0.4) is 0 Å². The van der Waals surface area contributed by atoms with E-state index in [1.165, 1.54) is 17.7 Å². The Morgan fingerprint density at radius 2 is 1.94 bits per heavy atom. The van der Waals surface area contributed by atoms with Crippen LogP contribution < -0.4 is 5.32 Å². The van der Waals surface area contributed by atoms with Gasteiger partial charge >= 0.3 is 0 Å². The van der Waals surface area contributed by atoms with Crippen molar-refractivity contribution in [3.05, 3.63) is 71.9 Å². The molecule has 1 aromatic heterocycles. The lowest BCUT2D eigenvalue weighted by atomic mass is 10.0. The highest BCUT2D eigenvalue weighted by molar-refractivity contribution is 5.81. The zero-order valence-electron chi connectivity index (χ0n) is 17.9. The molecule has 0 aliphatic carbocycles. The Morgan fingerprint density at radius 1 is 1.16 bits per heavy atom. The predicted molar refractivity (Wildman–Crippen MR) is 122 cm³/mol. The van der Waals surface area contributed by atoms with E-state index in [0.717, 1.165) is 35.9 Å². The molecule has 1 atom stereocenters. The van der Waals surface area contributed by atoms with Gasteiger partial charge in [0.1, 0.15) is 23.2 Å². The molecule has 2 aromatic carbocycles. The molecular formula is C25H25FN4O2. The second-order valence-corrected chi connectivity index (χ2v) is 8.35. The van der Waals surface area contributed by atoms with Crippen LogP contribution in [0, 0.1) is 18.7 Å². The molecule has 5 rings (SSSR count). The maximum atomic E-state index is 13.5. The zero-order chi connectivity index (χ0) is 22.1. The number of ether oxygens (including phenoxy) is 1. The first kappa shape index (κ1) is 20.5. The third-order valence-corrected chi connectivity index (χ3v) is 5.93. The van der Waals surface area contributed by atoms with Gasteiger partial charge in [0.15, 0.2) is 0 Å². The average molecular weight is 432 g/mol. The SMILES string of the molecule is Cc1ccc(Nc2c(-c3ccc(F)cc3)nc3n2C=CN(C(=O)CC2CCOC2)C3)cc1. The van der Waals surface area contributed by atoms with Crippen LogP contribution in [0.1, 0.15) is 24.2 Å². The van der Waals surface area contributed by atoms with E-state index in [-0.39, 0.29) is 17.6 Å². The van der Waals surface area contributed by atoms with E-state index in [0.29, 0.717) is 25.3 Å². The smallest absolute Gasteiger partial charge is 0.227 e. The molecule has 1 fully saturated rings. The largest absolute Gasteiger partial charge is 0.381 e. The number of halogens is 1. The lowest BCUT2D eigenvalue weighted by Crippen LogP contribution is -2.30. The van der Waals surface area contributed by atoms with Gasteiger partial charge in [0.25, 0.3) is 0 Å². The molecule has 0 radical (unpaired) electrons. The van der Waals surface area contributed by atoms with Crippen LogP contribution in [0.25, 0.3) is 17.5 Å². The number of imidazole rings is 1. The number of nitrogens with zero attached hydrogens (tertiary/aromatic N) is 3. The van der Waals surface area contributed by atoms with Gasteiger partial charge in [-0.2, -0.15) is 0 Å². The van der Waals surface area contributed by atoms with Crippen molar-refractivity contribution < 1.29 is 13.9 Å². The lowest BCUT2D eigenvalue weighted by molar-refractivity contribution is -0.130. The predicted octanol–water partition coefficient (Wildman–Crippen LogP) is 4.94. The second kappa shape index (κ2) is 8.59. The first-order valence-corrected chi connectivity index (χ1v) is 10.8. The van der Waals surface area contributed by atoms with Gasteiger partial charge in [0, 0.05) is 43.3 Å². The maximum Gasteiger partial charge on any atom is 0.227 e. The molecule has 1 unspecified atom stereocenters. The van der Waals surface area contributed by atoms with Gasteiger partial charge in [-0.3, -0.25) is 9.36 Å². The molecule has 0 saturated carbocycles. The molecular weight excluding hydrogens is 407 g/mol. The molecule has 2 aliphatic rings. The van der Waals surface area contributed by atoms with Crippen molar-refractivity contribution in [1.29, 1.82) is 0 Å². The molecule has 164 valence electrons. The number of rotatable bonds is 5. The summed E-state index contributed by atoms with van der Waals surface area (Å²) in [4.78, 5) is 19.4. The number of hydrogen-bond donors (Lipinski definition) is 1. The van der Waals surface area contributed by atoms with Gasteiger partial charge in [-0.05, 0) is 55.7 Å². The summed E-state index contributed by atoms with van der Waals surface area (Å²) in [6, 6.07) is 14.4. The summed E-state index contributed by atoms with van der Waals surface area (Å²) in [5.74, 6) is 1.59. The monoisotopic (exact) mass is 432 g/mol. The highest BCUT2D eigenvalue weighted by atomic mass is 19.1. The van der Waals surface area contributed by atoms with E-state index in [1.54, 1.807) is 17.0 Å². The van der Waals surface area contributed by atoms with E-state index in [1.807, 2.05) is 48.2 Å². The van der Waals surface area contributed by atoms with Crippen molar-refractivity contribution in [2.45, 2.75) is 26.3 Å². The van der Waals surface area contributed by atoms with Crippen molar-refractivity contribution in [2.75, 3.05) is 18.5 Å². The number of benzene rings is 2. The van der Waals surface area contributed by atoms with E-state index in [9.17, 15) is 9.18 Å². The van der Waals surface area contributed by atoms with E-state index < -0.39 is 0 Å². The van der Waals surface area contributed by atoms with Gasteiger partial charge in [0.2, 0.25) is 5.91 Å². The van der Waals surface area contributed by atoms with Crippen molar-refractivity contribution in [3.8, 4) is 11.3 Å². The van der Waals surface area contributed by atoms with Crippen molar-refractivity contribution in [1.82, 2.24) is 14.5 Å². The molecule has 0 spiro atoms. The lowest BCUT2D eigenvalue weighted by Gasteiger charge is -2.24. The van der Waals surface area contributed by atoms with Crippen LogP contribution in [0.2, 0.25) is 0 Å². The Morgan fingerprint density at radius 3 is 2.66 bits per heavy atom. The standard InChI is InChI=1S/C25H25FN4O2/c1-17-2-8-21(9-3-17)27-25-24(19-4-6-20(26)7-5-19)28-22-15-29(11-12-30(22)25)23(31)14-18-10-13-32-16-18/h2-9,11-12,18,27H,10,13-16H2,1H3. The quantitative estimate of drug-likeness (QED) is 0.621. The fourth-order valence-corrected chi connectivity index (χ4v) is 4.09. The van der Waals surface area contributed by atoms with Crippen LogP contribution >= 0.6 is 0 Å². The van der Waals surface area contributed by atoms with E-state index in [4.69, 9.17) is 9.72 Å². The van der Waals surface area contributed by atoms with Gasteiger partial charge in [-0.15, -0.1) is 0 Å². The summed E-state index contributed by atoms with van der Waals surface area (Å²) in [6.45, 7) is 3.80. The minimum Gasteiger partial charge on any atom is -0.381 e. The Kier molecular flexibility index (Phi) is 5.49. The maximum absolute atomic E-state index is 13.5. The van der Waals surface area contributed by atoms with E-state index >= 15 is 0 Å². The fraction of sp³-hybridized carbons (Fsp3) is 0.280. The zero-order valence-corrected chi connectivity index (χ0v) is 17.9. The molecule has 3 aromatic rings. The normalized spacial score (nSPS) is 17.4. The second-order valence-electron chi connectivity index (χ2n) is 8.35. The van der Waals surface area contributed by atoms with E-state index in [2.05, 4.69) is 5.32 Å². The minimum atomic E-state index is -0.293. The van der Waals surface area contributed by atoms with Crippen LogP contribution in [0.15, 0.2) is 54.7 Å². The number of nitrogens with one attached hydrogen (secondary N) is 1. The van der Waals surface area contributed by atoms with Crippen molar-refractivity contribution >= 4 is 23.6 Å². The Bertz CT molecular complexity index is 1150. The third-order valence-electron chi connectivity index (χ3n) is 5.93. The number of fused-ring (bicyclic) bond motifs is 1. The molecule has 0 bridgehead atoms. The summed E-state index contributed by atoms with van der Waals surface area (Å²) in [5, 5.41) is 3.46. The topological polar surface area (TPSA) is 59.4 Å². The number of carbonyl (C=O) groups is 1.